The maximum atomic E-state index is 2.52. The number of benzene rings is 6. The van der Waals surface area contributed by atoms with Gasteiger partial charge in [0.05, 0.1) is 0 Å². The molecule has 6 aromatic rings. The molecule has 2 unspecified atom stereocenters. The molecular weight excluding hydrogens is 747 g/mol. The number of hydrogen-bond acceptors (Lipinski definition) is 1. The number of allylic oxidation sites excluding steroid dienone is 11. The number of rotatable bonds is 7. The van der Waals surface area contributed by atoms with Gasteiger partial charge in [0.25, 0.3) is 0 Å². The van der Waals surface area contributed by atoms with E-state index in [-0.39, 0.29) is 16.2 Å². The third-order valence-electron chi connectivity index (χ3n) is 15.0. The first kappa shape index (κ1) is 38.5. The van der Waals surface area contributed by atoms with E-state index < -0.39 is 0 Å². The molecule has 62 heavy (non-hydrogen) atoms. The molecular formula is C61H55N. The van der Waals surface area contributed by atoms with E-state index in [0.717, 1.165) is 24.9 Å². The molecule has 6 aromatic carbocycles. The molecule has 0 spiro atoms. The van der Waals surface area contributed by atoms with Gasteiger partial charge in [0.2, 0.25) is 0 Å². The van der Waals surface area contributed by atoms with Crippen molar-refractivity contribution in [1.82, 2.24) is 0 Å². The fourth-order valence-electron chi connectivity index (χ4n) is 11.2. The van der Waals surface area contributed by atoms with Crippen LogP contribution in [0.2, 0.25) is 0 Å². The lowest BCUT2D eigenvalue weighted by molar-refractivity contribution is 0.601. The third kappa shape index (κ3) is 6.27. The summed E-state index contributed by atoms with van der Waals surface area (Å²) in [6, 6.07) is 52.5. The van der Waals surface area contributed by atoms with Crippen LogP contribution in [0.1, 0.15) is 105 Å². The lowest BCUT2D eigenvalue weighted by Crippen LogP contribution is -2.21. The monoisotopic (exact) mass is 801 g/mol. The second-order valence-corrected chi connectivity index (χ2v) is 19.4. The zero-order valence-electron chi connectivity index (χ0n) is 36.8. The molecule has 304 valence electrons. The first-order chi connectivity index (χ1) is 30.1. The van der Waals surface area contributed by atoms with Gasteiger partial charge >= 0.3 is 0 Å². The van der Waals surface area contributed by atoms with E-state index in [1.165, 1.54) is 90.1 Å². The van der Waals surface area contributed by atoms with Gasteiger partial charge in [-0.05, 0) is 134 Å². The van der Waals surface area contributed by atoms with Crippen LogP contribution in [0.5, 0.6) is 0 Å². The Bertz CT molecular complexity index is 2940. The van der Waals surface area contributed by atoms with Crippen LogP contribution in [-0.4, -0.2) is 0 Å². The van der Waals surface area contributed by atoms with Crippen LogP contribution in [0, 0.1) is 0 Å². The lowest BCUT2D eigenvalue weighted by Gasteiger charge is -2.32. The number of nitrogens with zero attached hydrogens (tertiary/aromatic N) is 1. The van der Waals surface area contributed by atoms with E-state index in [0.29, 0.717) is 5.92 Å². The standard InChI is InChI=1S/C61H55N/c1-59(2)55-17-11-9-15-51(55)53-33-23-45(39-57(53)59)42-19-27-48(28-20-42)62(50-31-25-47(26-32-50)61(5)37-35-44(36-38-61)41-13-7-6-8-14-41)49-29-21-43(22-30-49)46-24-34-54-52-16-10-12-18-56(52)60(3,4)58(54)40-46/h6-11,13-17,19-21,23-37,39-40,43H,12,18,22,38H2,1-5H3. The predicted octanol–water partition coefficient (Wildman–Crippen LogP) is 16.1. The topological polar surface area (TPSA) is 3.24 Å². The molecule has 0 aliphatic heterocycles. The number of fused-ring (bicyclic) bond motifs is 5. The van der Waals surface area contributed by atoms with E-state index >= 15 is 0 Å². The van der Waals surface area contributed by atoms with Crippen molar-refractivity contribution in [3.05, 3.63) is 238 Å². The average Bonchev–Trinajstić information content (AvgIpc) is 3.69. The van der Waals surface area contributed by atoms with Gasteiger partial charge in [-0.1, -0.05) is 192 Å². The number of anilines is 2. The fraction of sp³-hybridized carbons (Fsp3) is 0.213. The van der Waals surface area contributed by atoms with Gasteiger partial charge in [-0.3, -0.25) is 0 Å². The van der Waals surface area contributed by atoms with Crippen molar-refractivity contribution in [2.24, 2.45) is 0 Å². The lowest BCUT2D eigenvalue weighted by atomic mass is 9.75. The van der Waals surface area contributed by atoms with E-state index in [1.807, 2.05) is 0 Å². The average molecular weight is 802 g/mol. The van der Waals surface area contributed by atoms with Crippen molar-refractivity contribution in [2.75, 3.05) is 4.90 Å². The summed E-state index contributed by atoms with van der Waals surface area (Å²) in [7, 11) is 0. The van der Waals surface area contributed by atoms with Crippen LogP contribution in [-0.2, 0) is 16.2 Å². The number of hydrogen-bond donors (Lipinski definition) is 0. The highest BCUT2D eigenvalue weighted by Crippen LogP contribution is 2.52. The van der Waals surface area contributed by atoms with E-state index in [2.05, 4.69) is 228 Å². The van der Waals surface area contributed by atoms with Crippen molar-refractivity contribution in [1.29, 1.82) is 0 Å². The third-order valence-corrected chi connectivity index (χ3v) is 15.0. The Morgan fingerprint density at radius 2 is 1.24 bits per heavy atom. The highest BCUT2D eigenvalue weighted by molar-refractivity contribution is 5.87. The van der Waals surface area contributed by atoms with Crippen LogP contribution in [0.15, 0.2) is 199 Å². The molecule has 0 heterocycles. The molecule has 2 atom stereocenters. The molecule has 0 aromatic heterocycles. The largest absolute Gasteiger partial charge is 0.311 e. The van der Waals surface area contributed by atoms with Crippen molar-refractivity contribution >= 4 is 22.5 Å². The van der Waals surface area contributed by atoms with Crippen molar-refractivity contribution in [3.63, 3.8) is 0 Å². The second-order valence-electron chi connectivity index (χ2n) is 19.4. The SMILES string of the molecule is CC1(c2ccc(N(C3=CCC(c4ccc5c(c4)C(C)(C)C4=C5C=CCC4)C=C3)c3ccc(-c4ccc5c(c4)C(C)(C)c4ccccc4-5)cc3)cc2)C=CC(c2ccccc2)=CC1. The van der Waals surface area contributed by atoms with Gasteiger partial charge in [-0.25, -0.2) is 0 Å². The van der Waals surface area contributed by atoms with Crippen LogP contribution < -0.4 is 4.90 Å². The van der Waals surface area contributed by atoms with Gasteiger partial charge in [0, 0.05) is 39.2 Å². The van der Waals surface area contributed by atoms with Crippen molar-refractivity contribution in [3.8, 4) is 22.3 Å². The Morgan fingerprint density at radius 1 is 0.548 bits per heavy atom. The zero-order chi connectivity index (χ0) is 42.2. The predicted molar refractivity (Wildman–Crippen MR) is 263 cm³/mol. The molecule has 0 amide bonds. The molecule has 0 saturated heterocycles. The molecule has 0 N–H and O–H groups in total. The van der Waals surface area contributed by atoms with Gasteiger partial charge in [0.1, 0.15) is 0 Å². The second kappa shape index (κ2) is 14.6. The van der Waals surface area contributed by atoms with Crippen molar-refractivity contribution < 1.29 is 0 Å². The van der Waals surface area contributed by atoms with Crippen LogP contribution in [0.25, 0.3) is 33.4 Å². The van der Waals surface area contributed by atoms with Gasteiger partial charge < -0.3 is 4.90 Å². The Morgan fingerprint density at radius 3 is 1.98 bits per heavy atom. The smallest absolute Gasteiger partial charge is 0.0461 e. The zero-order valence-corrected chi connectivity index (χ0v) is 36.8. The minimum Gasteiger partial charge on any atom is -0.311 e. The Hall–Kier alpha value is -6.44. The summed E-state index contributed by atoms with van der Waals surface area (Å²) in [6.45, 7) is 11.9. The molecule has 0 fully saturated rings. The maximum absolute atomic E-state index is 2.52. The summed E-state index contributed by atoms with van der Waals surface area (Å²) in [5, 5.41) is 0. The van der Waals surface area contributed by atoms with Gasteiger partial charge in [-0.2, -0.15) is 0 Å². The summed E-state index contributed by atoms with van der Waals surface area (Å²) in [5.41, 5.74) is 22.8. The van der Waals surface area contributed by atoms with Crippen LogP contribution in [0.3, 0.4) is 0 Å². The molecule has 1 heteroatoms. The van der Waals surface area contributed by atoms with Crippen LogP contribution >= 0.6 is 0 Å². The normalized spacial score (nSPS) is 21.1. The molecule has 0 bridgehead atoms. The first-order valence-corrected chi connectivity index (χ1v) is 22.7. The minimum absolute atomic E-state index is 0.0307. The first-order valence-electron chi connectivity index (χ1n) is 22.7. The highest BCUT2D eigenvalue weighted by atomic mass is 15.1. The molecule has 11 rings (SSSR count). The van der Waals surface area contributed by atoms with Gasteiger partial charge in [-0.15, -0.1) is 0 Å². The minimum atomic E-state index is -0.0676. The quantitative estimate of drug-likeness (QED) is 0.155. The summed E-state index contributed by atoms with van der Waals surface area (Å²) in [4.78, 5) is 2.45. The summed E-state index contributed by atoms with van der Waals surface area (Å²) in [5.74, 6) is 0.335. The molecule has 5 aliphatic carbocycles. The van der Waals surface area contributed by atoms with E-state index in [1.54, 1.807) is 5.57 Å². The van der Waals surface area contributed by atoms with Gasteiger partial charge in [0.15, 0.2) is 0 Å². The Balaban J connectivity index is 0.903. The summed E-state index contributed by atoms with van der Waals surface area (Å²) in [6.07, 6.45) is 23.3. The highest BCUT2D eigenvalue weighted by Gasteiger charge is 2.38. The summed E-state index contributed by atoms with van der Waals surface area (Å²) >= 11 is 0. The van der Waals surface area contributed by atoms with E-state index in [9.17, 15) is 0 Å². The summed E-state index contributed by atoms with van der Waals surface area (Å²) < 4.78 is 0. The van der Waals surface area contributed by atoms with Crippen molar-refractivity contribution in [2.45, 2.75) is 82.5 Å². The maximum Gasteiger partial charge on any atom is 0.0461 e. The van der Waals surface area contributed by atoms with Crippen LogP contribution in [0.4, 0.5) is 11.4 Å². The Kier molecular flexibility index (Phi) is 9.06. The van der Waals surface area contributed by atoms with E-state index in [4.69, 9.17) is 0 Å². The molecule has 0 radical (unpaired) electrons. The Labute approximate surface area is 368 Å². The molecule has 5 aliphatic rings. The fourth-order valence-corrected chi connectivity index (χ4v) is 11.2. The molecule has 1 nitrogen and oxygen atoms in total. The molecule has 0 saturated carbocycles.